The maximum Gasteiger partial charge on any atom is 0.240 e. The van der Waals surface area contributed by atoms with Crippen LogP contribution in [0.15, 0.2) is 47.6 Å². The van der Waals surface area contributed by atoms with E-state index >= 15 is 0 Å². The monoisotopic (exact) mass is 419 g/mol. The number of thiazole rings is 1. The van der Waals surface area contributed by atoms with Gasteiger partial charge in [0.2, 0.25) is 10.0 Å². The van der Waals surface area contributed by atoms with Gasteiger partial charge in [-0.25, -0.2) is 18.1 Å². The van der Waals surface area contributed by atoms with Crippen LogP contribution in [0.2, 0.25) is 0 Å². The first-order valence-corrected chi connectivity index (χ1v) is 10.8. The predicted molar refractivity (Wildman–Crippen MR) is 109 cm³/mol. The molecule has 2 heterocycles. The molecule has 0 radical (unpaired) electrons. The molecule has 1 N–H and O–H groups in total. The van der Waals surface area contributed by atoms with E-state index in [2.05, 4.69) is 14.7 Å². The molecule has 1 aromatic carbocycles. The summed E-state index contributed by atoms with van der Waals surface area (Å²) >= 11 is 1.55. The number of sulfonamides is 1. The number of aryl methyl sites for hydroxylation is 1. The number of pyridine rings is 1. The van der Waals surface area contributed by atoms with E-state index in [9.17, 15) is 8.42 Å². The fourth-order valence-corrected chi connectivity index (χ4v) is 4.74. The zero-order chi connectivity index (χ0) is 20.1. The van der Waals surface area contributed by atoms with E-state index in [0.717, 1.165) is 21.1 Å². The number of nitrogens with one attached hydrogen (secondary N) is 1. The molecule has 3 aromatic rings. The van der Waals surface area contributed by atoms with Crippen molar-refractivity contribution in [3.63, 3.8) is 0 Å². The quantitative estimate of drug-likeness (QED) is 0.604. The van der Waals surface area contributed by atoms with Gasteiger partial charge in [-0.3, -0.25) is 4.98 Å². The largest absolute Gasteiger partial charge is 0.493 e. The molecule has 0 unspecified atom stereocenters. The first-order chi connectivity index (χ1) is 13.4. The average molecular weight is 420 g/mol. The fourth-order valence-electron chi connectivity index (χ4n) is 2.64. The van der Waals surface area contributed by atoms with Gasteiger partial charge >= 0.3 is 0 Å². The summed E-state index contributed by atoms with van der Waals surface area (Å²) in [5, 5.41) is 0.878. The van der Waals surface area contributed by atoms with Crippen LogP contribution in [-0.2, 0) is 16.4 Å². The molecular formula is C19H21N3O4S2. The topological polar surface area (TPSA) is 90.4 Å². The highest BCUT2D eigenvalue weighted by atomic mass is 32.2. The van der Waals surface area contributed by atoms with E-state index in [0.29, 0.717) is 17.9 Å². The van der Waals surface area contributed by atoms with Crippen LogP contribution < -0.4 is 14.2 Å². The Hall–Kier alpha value is -2.49. The lowest BCUT2D eigenvalue weighted by atomic mass is 10.3. The maximum absolute atomic E-state index is 12.6. The average Bonchev–Trinajstić information content (AvgIpc) is 3.08. The number of hydrogen-bond donors (Lipinski definition) is 1. The van der Waals surface area contributed by atoms with Crippen molar-refractivity contribution < 1.29 is 17.9 Å². The predicted octanol–water partition coefficient (Wildman–Crippen LogP) is 3.05. The van der Waals surface area contributed by atoms with E-state index in [4.69, 9.17) is 9.47 Å². The standard InChI is InChI=1S/C19H21N3O4S2/c1-13-18(27-19(22-13)14-5-4-9-20-12-14)8-10-21-28(23,24)15-6-7-16(25-2)17(11-15)26-3/h4-7,9,11-12,21H,8,10H2,1-3H3. The summed E-state index contributed by atoms with van der Waals surface area (Å²) in [7, 11) is -0.690. The molecule has 0 aliphatic rings. The highest BCUT2D eigenvalue weighted by molar-refractivity contribution is 7.89. The molecule has 3 rings (SSSR count). The Bertz CT molecular complexity index is 1050. The number of benzene rings is 1. The zero-order valence-electron chi connectivity index (χ0n) is 15.8. The van der Waals surface area contributed by atoms with Crippen LogP contribution in [-0.4, -0.2) is 39.2 Å². The van der Waals surface area contributed by atoms with E-state index in [1.807, 2.05) is 19.1 Å². The van der Waals surface area contributed by atoms with Gasteiger partial charge in [-0.2, -0.15) is 0 Å². The number of nitrogens with zero attached hydrogens (tertiary/aromatic N) is 2. The lowest BCUT2D eigenvalue weighted by molar-refractivity contribution is 0.354. The van der Waals surface area contributed by atoms with E-state index < -0.39 is 10.0 Å². The van der Waals surface area contributed by atoms with Gasteiger partial charge in [0.15, 0.2) is 11.5 Å². The van der Waals surface area contributed by atoms with Gasteiger partial charge in [-0.05, 0) is 37.6 Å². The van der Waals surface area contributed by atoms with Gasteiger partial charge in [-0.1, -0.05) is 0 Å². The van der Waals surface area contributed by atoms with Crippen molar-refractivity contribution in [1.29, 1.82) is 0 Å². The second-order valence-electron chi connectivity index (χ2n) is 5.93. The van der Waals surface area contributed by atoms with Crippen molar-refractivity contribution in [2.75, 3.05) is 20.8 Å². The highest BCUT2D eigenvalue weighted by Gasteiger charge is 2.17. The molecule has 2 aromatic heterocycles. The molecular weight excluding hydrogens is 398 g/mol. The van der Waals surface area contributed by atoms with Crippen LogP contribution in [0.5, 0.6) is 11.5 Å². The first-order valence-electron chi connectivity index (χ1n) is 8.53. The Morgan fingerprint density at radius 3 is 2.61 bits per heavy atom. The van der Waals surface area contributed by atoms with Crippen LogP contribution in [0.3, 0.4) is 0 Å². The molecule has 0 aliphatic heterocycles. The molecule has 9 heteroatoms. The van der Waals surface area contributed by atoms with Gasteiger partial charge in [0.05, 0.1) is 24.8 Å². The van der Waals surface area contributed by atoms with Gasteiger partial charge in [0, 0.05) is 35.4 Å². The first kappa shape index (κ1) is 20.2. The number of ether oxygens (including phenoxy) is 2. The van der Waals surface area contributed by atoms with E-state index in [-0.39, 0.29) is 11.4 Å². The minimum Gasteiger partial charge on any atom is -0.493 e. The van der Waals surface area contributed by atoms with Crippen molar-refractivity contribution >= 4 is 21.4 Å². The van der Waals surface area contributed by atoms with Crippen molar-refractivity contribution in [3.8, 4) is 22.1 Å². The molecule has 0 spiro atoms. The molecule has 148 valence electrons. The third kappa shape index (κ3) is 4.49. The van der Waals surface area contributed by atoms with Crippen LogP contribution in [0.1, 0.15) is 10.6 Å². The Morgan fingerprint density at radius 1 is 1.14 bits per heavy atom. The minimum atomic E-state index is -3.66. The molecule has 0 saturated carbocycles. The van der Waals surface area contributed by atoms with E-state index in [1.54, 1.807) is 29.8 Å². The fraction of sp³-hybridized carbons (Fsp3) is 0.263. The minimum absolute atomic E-state index is 0.127. The zero-order valence-corrected chi connectivity index (χ0v) is 17.4. The molecule has 28 heavy (non-hydrogen) atoms. The summed E-state index contributed by atoms with van der Waals surface area (Å²) in [6.07, 6.45) is 4.03. The summed E-state index contributed by atoms with van der Waals surface area (Å²) in [5.74, 6) is 0.842. The van der Waals surface area contributed by atoms with Gasteiger partial charge in [0.1, 0.15) is 5.01 Å². The Labute approximate surface area is 168 Å². The van der Waals surface area contributed by atoms with E-state index in [1.165, 1.54) is 26.4 Å². The van der Waals surface area contributed by atoms with Gasteiger partial charge in [-0.15, -0.1) is 11.3 Å². The number of hydrogen-bond acceptors (Lipinski definition) is 7. The summed E-state index contributed by atoms with van der Waals surface area (Å²) in [4.78, 5) is 9.84. The summed E-state index contributed by atoms with van der Waals surface area (Å²) < 4.78 is 38.1. The van der Waals surface area contributed by atoms with Crippen LogP contribution >= 0.6 is 11.3 Å². The summed E-state index contributed by atoms with van der Waals surface area (Å²) in [5.41, 5.74) is 1.85. The molecule has 0 saturated heterocycles. The van der Waals surface area contributed by atoms with Crippen molar-refractivity contribution in [3.05, 3.63) is 53.3 Å². The SMILES string of the molecule is COc1ccc(S(=O)(=O)NCCc2sc(-c3cccnc3)nc2C)cc1OC. The third-order valence-corrected chi connectivity index (χ3v) is 6.84. The lowest BCUT2D eigenvalue weighted by Gasteiger charge is -2.11. The number of methoxy groups -OCH3 is 2. The second-order valence-corrected chi connectivity index (χ2v) is 8.78. The lowest BCUT2D eigenvalue weighted by Crippen LogP contribution is -2.26. The normalized spacial score (nSPS) is 11.4. The van der Waals surface area contributed by atoms with Gasteiger partial charge in [0.25, 0.3) is 0 Å². The van der Waals surface area contributed by atoms with Crippen LogP contribution in [0.25, 0.3) is 10.6 Å². The molecule has 0 bridgehead atoms. The Balaban J connectivity index is 1.68. The van der Waals surface area contributed by atoms with Crippen molar-refractivity contribution in [1.82, 2.24) is 14.7 Å². The maximum atomic E-state index is 12.6. The smallest absolute Gasteiger partial charge is 0.240 e. The highest BCUT2D eigenvalue weighted by Crippen LogP contribution is 2.30. The molecule has 0 fully saturated rings. The third-order valence-electron chi connectivity index (χ3n) is 4.11. The molecule has 7 nitrogen and oxygen atoms in total. The Morgan fingerprint density at radius 2 is 1.93 bits per heavy atom. The van der Waals surface area contributed by atoms with Crippen LogP contribution in [0.4, 0.5) is 0 Å². The number of rotatable bonds is 8. The Kier molecular flexibility index (Phi) is 6.28. The molecule has 0 atom stereocenters. The van der Waals surface area contributed by atoms with Crippen molar-refractivity contribution in [2.45, 2.75) is 18.2 Å². The molecule has 0 amide bonds. The van der Waals surface area contributed by atoms with Crippen molar-refractivity contribution in [2.24, 2.45) is 0 Å². The molecule has 0 aliphatic carbocycles. The number of aromatic nitrogens is 2. The second kappa shape index (κ2) is 8.68. The van der Waals surface area contributed by atoms with Gasteiger partial charge < -0.3 is 9.47 Å². The van der Waals surface area contributed by atoms with Crippen LogP contribution in [0, 0.1) is 6.92 Å². The summed E-state index contributed by atoms with van der Waals surface area (Å²) in [6.45, 7) is 2.20. The summed E-state index contributed by atoms with van der Waals surface area (Å²) in [6, 6.07) is 8.32.